The fourth-order valence-corrected chi connectivity index (χ4v) is 2.38. The lowest BCUT2D eigenvalue weighted by atomic mass is 10.2. The average Bonchev–Trinajstić information content (AvgIpc) is 3.19. The Bertz CT molecular complexity index is 634. The number of rotatable bonds is 4. The fraction of sp³-hybridized carbons (Fsp3) is 0.429. The molecular formula is C14H17N5O2. The van der Waals surface area contributed by atoms with Crippen molar-refractivity contribution < 1.29 is 9.53 Å². The van der Waals surface area contributed by atoms with E-state index < -0.39 is 0 Å². The number of hydrogen-bond donors (Lipinski definition) is 1. The molecule has 1 aromatic carbocycles. The summed E-state index contributed by atoms with van der Waals surface area (Å²) in [5.41, 5.74) is 1.44. The predicted molar refractivity (Wildman–Crippen MR) is 76.1 cm³/mol. The van der Waals surface area contributed by atoms with Crippen LogP contribution in [-0.2, 0) is 16.0 Å². The van der Waals surface area contributed by atoms with E-state index in [-0.39, 0.29) is 12.0 Å². The van der Waals surface area contributed by atoms with Crippen molar-refractivity contribution in [1.82, 2.24) is 20.2 Å². The van der Waals surface area contributed by atoms with E-state index in [1.165, 1.54) is 0 Å². The second kappa shape index (κ2) is 6.01. The van der Waals surface area contributed by atoms with Crippen LogP contribution in [0.5, 0.6) is 0 Å². The number of nitrogens with one attached hydrogen (secondary N) is 1. The van der Waals surface area contributed by atoms with Crippen LogP contribution in [-0.4, -0.2) is 38.8 Å². The van der Waals surface area contributed by atoms with Crippen LogP contribution in [0.3, 0.4) is 0 Å². The summed E-state index contributed by atoms with van der Waals surface area (Å²) in [6.07, 6.45) is 2.03. The third kappa shape index (κ3) is 2.78. The fourth-order valence-electron chi connectivity index (χ4n) is 2.38. The van der Waals surface area contributed by atoms with Crippen LogP contribution < -0.4 is 5.32 Å². The van der Waals surface area contributed by atoms with Crippen LogP contribution in [0.1, 0.15) is 25.6 Å². The second-order valence-corrected chi connectivity index (χ2v) is 4.87. The number of ether oxygens (including phenoxy) is 1. The minimum atomic E-state index is -0.363. The van der Waals surface area contributed by atoms with E-state index in [9.17, 15) is 4.79 Å². The van der Waals surface area contributed by atoms with Crippen LogP contribution in [0, 0.1) is 0 Å². The molecule has 1 amide bonds. The van der Waals surface area contributed by atoms with Crippen molar-refractivity contribution in [3.05, 3.63) is 30.1 Å². The van der Waals surface area contributed by atoms with Gasteiger partial charge in [-0.05, 0) is 35.4 Å². The van der Waals surface area contributed by atoms with Gasteiger partial charge in [-0.15, -0.1) is 5.10 Å². The number of hydrogen-bond acceptors (Lipinski definition) is 5. The van der Waals surface area contributed by atoms with Gasteiger partial charge in [-0.1, -0.05) is 19.1 Å². The first kappa shape index (κ1) is 13.7. The highest BCUT2D eigenvalue weighted by Crippen LogP contribution is 2.22. The summed E-state index contributed by atoms with van der Waals surface area (Å²) < 4.78 is 7.05. The SMILES string of the molecule is CCc1nnnn1-c1ccccc1NC(=O)[C@@H]1CCCO1. The van der Waals surface area contributed by atoms with Crippen molar-refractivity contribution >= 4 is 11.6 Å². The second-order valence-electron chi connectivity index (χ2n) is 4.87. The molecule has 0 saturated carbocycles. The first-order valence-corrected chi connectivity index (χ1v) is 7.08. The smallest absolute Gasteiger partial charge is 0.253 e. The number of aryl methyl sites for hydroxylation is 1. The van der Waals surface area contributed by atoms with Crippen molar-refractivity contribution in [1.29, 1.82) is 0 Å². The molecule has 0 aliphatic carbocycles. The zero-order chi connectivity index (χ0) is 14.7. The Labute approximate surface area is 122 Å². The zero-order valence-corrected chi connectivity index (χ0v) is 11.8. The lowest BCUT2D eigenvalue weighted by molar-refractivity contribution is -0.124. The maximum absolute atomic E-state index is 12.2. The van der Waals surface area contributed by atoms with Crippen LogP contribution in [0.4, 0.5) is 5.69 Å². The Hall–Kier alpha value is -2.28. The Morgan fingerprint density at radius 2 is 2.33 bits per heavy atom. The summed E-state index contributed by atoms with van der Waals surface area (Å²) in [5, 5.41) is 14.6. The van der Waals surface area contributed by atoms with E-state index in [2.05, 4.69) is 20.8 Å². The Morgan fingerprint density at radius 1 is 1.48 bits per heavy atom. The molecule has 1 saturated heterocycles. The van der Waals surface area contributed by atoms with Crippen molar-refractivity contribution in [2.24, 2.45) is 0 Å². The van der Waals surface area contributed by atoms with Gasteiger partial charge in [-0.25, -0.2) is 0 Å². The standard InChI is InChI=1S/C14H17N5O2/c1-2-13-16-17-18-19(13)11-7-4-3-6-10(11)15-14(20)12-8-5-9-21-12/h3-4,6-7,12H,2,5,8-9H2,1H3,(H,15,20)/t12-/m0/s1. The quantitative estimate of drug-likeness (QED) is 0.917. The predicted octanol–water partition coefficient (Wildman–Crippen LogP) is 1.34. The molecule has 0 bridgehead atoms. The summed E-state index contributed by atoms with van der Waals surface area (Å²) in [5.74, 6) is 0.625. The molecule has 1 aromatic heterocycles. The third-order valence-electron chi connectivity index (χ3n) is 3.46. The number of aromatic nitrogens is 4. The number of nitrogens with zero attached hydrogens (tertiary/aromatic N) is 4. The molecule has 1 aliphatic heterocycles. The lowest BCUT2D eigenvalue weighted by Gasteiger charge is -2.14. The minimum absolute atomic E-state index is 0.119. The highest BCUT2D eigenvalue weighted by atomic mass is 16.5. The van der Waals surface area contributed by atoms with Crippen LogP contribution >= 0.6 is 0 Å². The normalized spacial score (nSPS) is 17.9. The average molecular weight is 287 g/mol. The summed E-state index contributed by atoms with van der Waals surface area (Å²) in [6, 6.07) is 7.46. The molecular weight excluding hydrogens is 270 g/mol. The van der Waals surface area contributed by atoms with Gasteiger partial charge in [0.2, 0.25) is 0 Å². The number of para-hydroxylation sites is 2. The summed E-state index contributed by atoms with van der Waals surface area (Å²) in [4.78, 5) is 12.2. The zero-order valence-electron chi connectivity index (χ0n) is 11.8. The molecule has 1 N–H and O–H groups in total. The van der Waals surface area contributed by atoms with Gasteiger partial charge in [-0.2, -0.15) is 4.68 Å². The molecule has 1 fully saturated rings. The number of tetrazole rings is 1. The summed E-state index contributed by atoms with van der Waals surface area (Å²) in [6.45, 7) is 2.63. The van der Waals surface area contributed by atoms with E-state index in [4.69, 9.17) is 4.74 Å². The lowest BCUT2D eigenvalue weighted by Crippen LogP contribution is -2.27. The van der Waals surface area contributed by atoms with Crippen molar-refractivity contribution in [2.75, 3.05) is 11.9 Å². The highest BCUT2D eigenvalue weighted by Gasteiger charge is 2.24. The molecule has 0 radical (unpaired) electrons. The number of carbonyl (C=O) groups is 1. The first-order valence-electron chi connectivity index (χ1n) is 7.08. The molecule has 0 spiro atoms. The van der Waals surface area contributed by atoms with Crippen LogP contribution in [0.15, 0.2) is 24.3 Å². The van der Waals surface area contributed by atoms with Crippen LogP contribution in [0.25, 0.3) is 5.69 Å². The van der Waals surface area contributed by atoms with Gasteiger partial charge >= 0.3 is 0 Å². The van der Waals surface area contributed by atoms with Gasteiger partial charge in [-0.3, -0.25) is 4.79 Å². The molecule has 3 rings (SSSR count). The number of benzene rings is 1. The molecule has 2 heterocycles. The molecule has 21 heavy (non-hydrogen) atoms. The summed E-state index contributed by atoms with van der Waals surface area (Å²) >= 11 is 0. The molecule has 1 atom stereocenters. The molecule has 1 aliphatic rings. The number of carbonyl (C=O) groups excluding carboxylic acids is 1. The van der Waals surface area contributed by atoms with Gasteiger partial charge in [0.1, 0.15) is 6.10 Å². The van der Waals surface area contributed by atoms with Crippen molar-refractivity contribution in [3.8, 4) is 5.69 Å². The molecule has 7 heteroatoms. The van der Waals surface area contributed by atoms with Gasteiger partial charge in [0.05, 0.1) is 11.4 Å². The van der Waals surface area contributed by atoms with E-state index in [1.807, 2.05) is 31.2 Å². The first-order chi connectivity index (χ1) is 10.3. The van der Waals surface area contributed by atoms with Gasteiger partial charge < -0.3 is 10.1 Å². The molecule has 7 nitrogen and oxygen atoms in total. The molecule has 110 valence electrons. The van der Waals surface area contributed by atoms with Crippen molar-refractivity contribution in [3.63, 3.8) is 0 Å². The number of anilines is 1. The van der Waals surface area contributed by atoms with Gasteiger partial charge in [0.25, 0.3) is 5.91 Å². The monoisotopic (exact) mass is 287 g/mol. The highest BCUT2D eigenvalue weighted by molar-refractivity contribution is 5.96. The van der Waals surface area contributed by atoms with Gasteiger partial charge in [0.15, 0.2) is 5.82 Å². The Kier molecular flexibility index (Phi) is 3.92. The Balaban J connectivity index is 1.87. The van der Waals surface area contributed by atoms with Gasteiger partial charge in [0, 0.05) is 13.0 Å². The molecule has 0 unspecified atom stereocenters. The van der Waals surface area contributed by atoms with E-state index >= 15 is 0 Å². The maximum atomic E-state index is 12.2. The molecule has 2 aromatic rings. The largest absolute Gasteiger partial charge is 0.368 e. The number of amides is 1. The minimum Gasteiger partial charge on any atom is -0.368 e. The third-order valence-corrected chi connectivity index (χ3v) is 3.46. The van der Waals surface area contributed by atoms with Crippen LogP contribution in [0.2, 0.25) is 0 Å². The Morgan fingerprint density at radius 3 is 3.10 bits per heavy atom. The maximum Gasteiger partial charge on any atom is 0.253 e. The van der Waals surface area contributed by atoms with E-state index in [1.54, 1.807) is 4.68 Å². The summed E-state index contributed by atoms with van der Waals surface area (Å²) in [7, 11) is 0. The van der Waals surface area contributed by atoms with E-state index in [0.29, 0.717) is 18.7 Å². The topological polar surface area (TPSA) is 81.9 Å². The van der Waals surface area contributed by atoms with Crippen molar-refractivity contribution in [2.45, 2.75) is 32.3 Å². The van der Waals surface area contributed by atoms with E-state index in [0.717, 1.165) is 24.4 Å².